The Morgan fingerprint density at radius 3 is 2.18 bits per heavy atom. The van der Waals surface area contributed by atoms with Crippen LogP contribution in [0.3, 0.4) is 0 Å². The van der Waals surface area contributed by atoms with Gasteiger partial charge in [0.15, 0.2) is 0 Å². The SMILES string of the molecule is CNC1CCN(C(=O)C2CCC(C)CC2)CC1. The fourth-order valence-electron chi connectivity index (χ4n) is 3.15. The van der Waals surface area contributed by atoms with Gasteiger partial charge in [0.25, 0.3) is 0 Å². The minimum absolute atomic E-state index is 0.331. The fourth-order valence-corrected chi connectivity index (χ4v) is 3.15. The van der Waals surface area contributed by atoms with Crippen molar-refractivity contribution in [1.29, 1.82) is 0 Å². The summed E-state index contributed by atoms with van der Waals surface area (Å²) in [6.07, 6.45) is 6.95. The number of hydrogen-bond acceptors (Lipinski definition) is 2. The Morgan fingerprint density at radius 2 is 1.65 bits per heavy atom. The number of nitrogens with one attached hydrogen (secondary N) is 1. The zero-order chi connectivity index (χ0) is 12.3. The van der Waals surface area contributed by atoms with E-state index in [-0.39, 0.29) is 0 Å². The second-order valence-electron chi connectivity index (χ2n) is 5.85. The number of rotatable bonds is 2. The van der Waals surface area contributed by atoms with Gasteiger partial charge in [-0.1, -0.05) is 6.92 Å². The molecule has 2 fully saturated rings. The van der Waals surface area contributed by atoms with Gasteiger partial charge in [-0.2, -0.15) is 0 Å². The molecular weight excluding hydrogens is 212 g/mol. The average molecular weight is 238 g/mol. The van der Waals surface area contributed by atoms with Gasteiger partial charge < -0.3 is 10.2 Å². The molecule has 2 rings (SSSR count). The summed E-state index contributed by atoms with van der Waals surface area (Å²) in [6, 6.07) is 0.616. The molecule has 98 valence electrons. The Labute approximate surface area is 105 Å². The normalized spacial score (nSPS) is 31.5. The van der Waals surface area contributed by atoms with Crippen LogP contribution in [0.2, 0.25) is 0 Å². The molecule has 1 aliphatic carbocycles. The van der Waals surface area contributed by atoms with Crippen molar-refractivity contribution in [2.24, 2.45) is 11.8 Å². The molecule has 1 aliphatic heterocycles. The number of carbonyl (C=O) groups is 1. The van der Waals surface area contributed by atoms with Crippen molar-refractivity contribution in [2.45, 2.75) is 51.5 Å². The molecule has 0 unspecified atom stereocenters. The number of hydrogen-bond donors (Lipinski definition) is 1. The first-order valence-electron chi connectivity index (χ1n) is 7.16. The van der Waals surface area contributed by atoms with Crippen molar-refractivity contribution in [3.63, 3.8) is 0 Å². The first-order valence-corrected chi connectivity index (χ1v) is 7.16. The summed E-state index contributed by atoms with van der Waals surface area (Å²) in [5, 5.41) is 3.31. The van der Waals surface area contributed by atoms with Crippen LogP contribution in [0.4, 0.5) is 0 Å². The maximum absolute atomic E-state index is 12.4. The van der Waals surface area contributed by atoms with Crippen LogP contribution < -0.4 is 5.32 Å². The summed E-state index contributed by atoms with van der Waals surface area (Å²) in [5.74, 6) is 1.60. The third-order valence-corrected chi connectivity index (χ3v) is 4.58. The highest BCUT2D eigenvalue weighted by Crippen LogP contribution is 2.30. The molecule has 17 heavy (non-hydrogen) atoms. The van der Waals surface area contributed by atoms with Gasteiger partial charge in [0, 0.05) is 25.0 Å². The van der Waals surface area contributed by atoms with Crippen molar-refractivity contribution in [2.75, 3.05) is 20.1 Å². The van der Waals surface area contributed by atoms with E-state index in [1.165, 1.54) is 12.8 Å². The maximum Gasteiger partial charge on any atom is 0.225 e. The molecule has 3 heteroatoms. The highest BCUT2D eigenvalue weighted by atomic mass is 16.2. The molecule has 1 amide bonds. The zero-order valence-corrected chi connectivity index (χ0v) is 11.2. The van der Waals surface area contributed by atoms with E-state index in [4.69, 9.17) is 0 Å². The smallest absolute Gasteiger partial charge is 0.225 e. The third-order valence-electron chi connectivity index (χ3n) is 4.58. The van der Waals surface area contributed by atoms with Crippen molar-refractivity contribution < 1.29 is 4.79 Å². The molecule has 0 radical (unpaired) electrons. The lowest BCUT2D eigenvalue weighted by Crippen LogP contribution is -2.46. The first kappa shape index (κ1) is 12.9. The second kappa shape index (κ2) is 5.85. The van der Waals surface area contributed by atoms with Crippen LogP contribution in [0.15, 0.2) is 0 Å². The molecule has 1 saturated heterocycles. The molecule has 1 heterocycles. The molecule has 0 spiro atoms. The van der Waals surface area contributed by atoms with Gasteiger partial charge in [0.05, 0.1) is 0 Å². The monoisotopic (exact) mass is 238 g/mol. The largest absolute Gasteiger partial charge is 0.342 e. The van der Waals surface area contributed by atoms with Gasteiger partial charge in [0.2, 0.25) is 5.91 Å². The lowest BCUT2D eigenvalue weighted by atomic mass is 9.82. The fraction of sp³-hybridized carbons (Fsp3) is 0.929. The molecule has 0 bridgehead atoms. The number of carbonyl (C=O) groups excluding carboxylic acids is 1. The van der Waals surface area contributed by atoms with Gasteiger partial charge in [-0.15, -0.1) is 0 Å². The molecule has 0 atom stereocenters. The van der Waals surface area contributed by atoms with E-state index in [1.54, 1.807) is 0 Å². The highest BCUT2D eigenvalue weighted by Gasteiger charge is 2.30. The molecule has 2 aliphatic rings. The van der Waals surface area contributed by atoms with E-state index in [9.17, 15) is 4.79 Å². The number of piperidine rings is 1. The van der Waals surface area contributed by atoms with Gasteiger partial charge >= 0.3 is 0 Å². The summed E-state index contributed by atoms with van der Waals surface area (Å²) >= 11 is 0. The number of nitrogens with zero attached hydrogens (tertiary/aromatic N) is 1. The summed E-state index contributed by atoms with van der Waals surface area (Å²) in [4.78, 5) is 14.5. The van der Waals surface area contributed by atoms with Crippen molar-refractivity contribution in [3.05, 3.63) is 0 Å². The average Bonchev–Trinajstić information content (AvgIpc) is 2.39. The molecule has 0 aromatic heterocycles. The molecule has 3 nitrogen and oxygen atoms in total. The standard InChI is InChI=1S/C14H26N2O/c1-11-3-5-12(6-4-11)14(17)16-9-7-13(15-2)8-10-16/h11-13,15H,3-10H2,1-2H3. The van der Waals surface area contributed by atoms with E-state index >= 15 is 0 Å². The van der Waals surface area contributed by atoms with Crippen molar-refractivity contribution in [3.8, 4) is 0 Å². The number of amides is 1. The first-order chi connectivity index (χ1) is 8.20. The van der Waals surface area contributed by atoms with Gasteiger partial charge in [-0.25, -0.2) is 0 Å². The van der Waals surface area contributed by atoms with E-state index in [0.717, 1.165) is 44.7 Å². The maximum atomic E-state index is 12.4. The summed E-state index contributed by atoms with van der Waals surface area (Å²) < 4.78 is 0. The van der Waals surface area contributed by atoms with Crippen LogP contribution in [-0.2, 0) is 4.79 Å². The Morgan fingerprint density at radius 1 is 1.06 bits per heavy atom. The Bertz CT molecular complexity index is 251. The molecule has 0 aromatic rings. The summed E-state index contributed by atoms with van der Waals surface area (Å²) in [6.45, 7) is 4.21. The number of likely N-dealkylation sites (tertiary alicyclic amines) is 1. The second-order valence-corrected chi connectivity index (χ2v) is 5.85. The minimum atomic E-state index is 0.331. The summed E-state index contributed by atoms with van der Waals surface area (Å²) in [7, 11) is 2.02. The third kappa shape index (κ3) is 3.21. The zero-order valence-electron chi connectivity index (χ0n) is 11.2. The summed E-state index contributed by atoms with van der Waals surface area (Å²) in [5.41, 5.74) is 0. The quantitative estimate of drug-likeness (QED) is 0.798. The van der Waals surface area contributed by atoms with Crippen LogP contribution in [-0.4, -0.2) is 37.0 Å². The predicted octanol–water partition coefficient (Wildman–Crippen LogP) is 2.02. The predicted molar refractivity (Wildman–Crippen MR) is 69.8 cm³/mol. The van der Waals surface area contributed by atoms with E-state index in [2.05, 4.69) is 17.1 Å². The Kier molecular flexibility index (Phi) is 4.43. The van der Waals surface area contributed by atoms with Gasteiger partial charge in [-0.3, -0.25) is 4.79 Å². The molecule has 1 N–H and O–H groups in total. The van der Waals surface area contributed by atoms with Crippen LogP contribution in [0.25, 0.3) is 0 Å². The Balaban J connectivity index is 1.80. The van der Waals surface area contributed by atoms with Gasteiger partial charge in [-0.05, 0) is 51.5 Å². The van der Waals surface area contributed by atoms with Crippen LogP contribution in [0, 0.1) is 11.8 Å². The lowest BCUT2D eigenvalue weighted by molar-refractivity contribution is -0.137. The molecule has 1 saturated carbocycles. The van der Waals surface area contributed by atoms with E-state index in [1.807, 2.05) is 7.05 Å². The lowest BCUT2D eigenvalue weighted by Gasteiger charge is -2.35. The Hall–Kier alpha value is -0.570. The van der Waals surface area contributed by atoms with E-state index < -0.39 is 0 Å². The van der Waals surface area contributed by atoms with Crippen LogP contribution in [0.5, 0.6) is 0 Å². The van der Waals surface area contributed by atoms with Crippen molar-refractivity contribution in [1.82, 2.24) is 10.2 Å². The molecule has 0 aromatic carbocycles. The topological polar surface area (TPSA) is 32.3 Å². The van der Waals surface area contributed by atoms with Crippen LogP contribution in [0.1, 0.15) is 45.4 Å². The van der Waals surface area contributed by atoms with Crippen LogP contribution >= 0.6 is 0 Å². The van der Waals surface area contributed by atoms with E-state index in [0.29, 0.717) is 17.9 Å². The van der Waals surface area contributed by atoms with Gasteiger partial charge in [0.1, 0.15) is 0 Å². The van der Waals surface area contributed by atoms with Crippen molar-refractivity contribution >= 4 is 5.91 Å². The molecular formula is C14H26N2O. The minimum Gasteiger partial charge on any atom is -0.342 e. The highest BCUT2D eigenvalue weighted by molar-refractivity contribution is 5.79.